The molecule has 0 aliphatic heterocycles. The molecule has 0 bridgehead atoms. The molecule has 1 aromatic heterocycles. The lowest BCUT2D eigenvalue weighted by atomic mass is 10.2. The van der Waals surface area contributed by atoms with Crippen LogP contribution in [0.5, 0.6) is 0 Å². The molecule has 0 saturated heterocycles. The first-order chi connectivity index (χ1) is 10.8. The van der Waals surface area contributed by atoms with Gasteiger partial charge in [-0.25, -0.2) is 4.79 Å². The fourth-order valence-corrected chi connectivity index (χ4v) is 3.15. The van der Waals surface area contributed by atoms with E-state index in [1.807, 2.05) is 36.0 Å². The Morgan fingerprint density at radius 2 is 2.09 bits per heavy atom. The second kappa shape index (κ2) is 7.12. The lowest BCUT2D eigenvalue weighted by Gasteiger charge is -2.24. The Bertz CT molecular complexity index is 726. The van der Waals surface area contributed by atoms with E-state index >= 15 is 0 Å². The van der Waals surface area contributed by atoms with Crippen molar-refractivity contribution < 1.29 is 9.00 Å². The van der Waals surface area contributed by atoms with E-state index in [4.69, 9.17) is 0 Å². The molecule has 2 aromatic rings. The van der Waals surface area contributed by atoms with Gasteiger partial charge in [-0.1, -0.05) is 0 Å². The number of hydrogen-bond donors (Lipinski definition) is 1. The molecule has 0 radical (unpaired) electrons. The molecular formula is C16H24N4O2S. The van der Waals surface area contributed by atoms with Gasteiger partial charge in [0, 0.05) is 59.2 Å². The molecule has 0 unspecified atom stereocenters. The molecule has 1 heterocycles. The maximum absolute atomic E-state index is 12.3. The molecule has 6 nitrogen and oxygen atoms in total. The number of anilines is 1. The normalized spacial score (nSPS) is 14.0. The number of fused-ring (bicyclic) bond motifs is 1. The van der Waals surface area contributed by atoms with Gasteiger partial charge in [0.05, 0.1) is 5.52 Å². The summed E-state index contributed by atoms with van der Waals surface area (Å²) in [7, 11) is 0.778. The highest BCUT2D eigenvalue weighted by Crippen LogP contribution is 2.20. The summed E-state index contributed by atoms with van der Waals surface area (Å²) in [4.78, 5) is 13.9. The van der Waals surface area contributed by atoms with E-state index in [1.54, 1.807) is 18.2 Å². The first kappa shape index (κ1) is 17.5. The number of hydrogen-bond acceptors (Lipinski definition) is 3. The smallest absolute Gasteiger partial charge is 0.321 e. The summed E-state index contributed by atoms with van der Waals surface area (Å²) in [6.07, 6.45) is 3.62. The van der Waals surface area contributed by atoms with Crippen LogP contribution in [0.15, 0.2) is 24.4 Å². The van der Waals surface area contributed by atoms with Crippen molar-refractivity contribution in [3.05, 3.63) is 24.4 Å². The van der Waals surface area contributed by atoms with Crippen molar-refractivity contribution in [2.45, 2.75) is 32.9 Å². The van der Waals surface area contributed by atoms with Gasteiger partial charge in [0.2, 0.25) is 0 Å². The summed E-state index contributed by atoms with van der Waals surface area (Å²) in [6, 6.07) is 5.65. The van der Waals surface area contributed by atoms with Gasteiger partial charge >= 0.3 is 6.03 Å². The largest absolute Gasteiger partial charge is 0.324 e. The van der Waals surface area contributed by atoms with Crippen LogP contribution in [-0.2, 0) is 10.8 Å². The SMILES string of the molecule is CC(C)n1cc2cc(NC(=O)N(C)[C@@H](C)C[S@](C)=O)ccc2n1. The van der Waals surface area contributed by atoms with E-state index in [2.05, 4.69) is 24.3 Å². The summed E-state index contributed by atoms with van der Waals surface area (Å²) in [6.45, 7) is 6.03. The van der Waals surface area contributed by atoms with Crippen LogP contribution in [0.1, 0.15) is 26.8 Å². The molecule has 0 saturated carbocycles. The van der Waals surface area contributed by atoms with Gasteiger partial charge in [0.15, 0.2) is 0 Å². The van der Waals surface area contributed by atoms with Crippen LogP contribution in [0.4, 0.5) is 10.5 Å². The molecule has 126 valence electrons. The van der Waals surface area contributed by atoms with Crippen LogP contribution in [0.3, 0.4) is 0 Å². The third-order valence-corrected chi connectivity index (χ3v) is 4.71. The molecule has 1 N–H and O–H groups in total. The van der Waals surface area contributed by atoms with Crippen LogP contribution in [0.25, 0.3) is 10.9 Å². The summed E-state index contributed by atoms with van der Waals surface area (Å²) in [5.41, 5.74) is 1.63. The monoisotopic (exact) mass is 336 g/mol. The van der Waals surface area contributed by atoms with E-state index in [0.29, 0.717) is 11.8 Å². The predicted molar refractivity (Wildman–Crippen MR) is 95.3 cm³/mol. The lowest BCUT2D eigenvalue weighted by Crippen LogP contribution is -2.40. The van der Waals surface area contributed by atoms with Gasteiger partial charge < -0.3 is 10.2 Å². The third-order valence-electron chi connectivity index (χ3n) is 3.76. The van der Waals surface area contributed by atoms with Gasteiger partial charge in [-0.15, -0.1) is 0 Å². The van der Waals surface area contributed by atoms with Crippen molar-refractivity contribution in [3.63, 3.8) is 0 Å². The van der Waals surface area contributed by atoms with Crippen LogP contribution in [0.2, 0.25) is 0 Å². The van der Waals surface area contributed by atoms with Gasteiger partial charge in [-0.3, -0.25) is 8.89 Å². The lowest BCUT2D eigenvalue weighted by molar-refractivity contribution is 0.212. The van der Waals surface area contributed by atoms with Crippen LogP contribution in [0, 0.1) is 0 Å². The minimum atomic E-state index is -0.932. The molecule has 0 fully saturated rings. The Labute approximate surface area is 139 Å². The van der Waals surface area contributed by atoms with Crippen molar-refractivity contribution in [3.8, 4) is 0 Å². The first-order valence-corrected chi connectivity index (χ1v) is 9.33. The molecular weight excluding hydrogens is 312 g/mol. The quantitative estimate of drug-likeness (QED) is 0.913. The highest BCUT2D eigenvalue weighted by atomic mass is 32.2. The zero-order valence-electron chi connectivity index (χ0n) is 14.2. The van der Waals surface area contributed by atoms with Gasteiger partial charge in [0.1, 0.15) is 0 Å². The summed E-state index contributed by atoms with van der Waals surface area (Å²) in [5.74, 6) is 0.462. The molecule has 0 aliphatic carbocycles. The number of amides is 2. The number of carbonyl (C=O) groups is 1. The number of urea groups is 1. The highest BCUT2D eigenvalue weighted by molar-refractivity contribution is 7.84. The Balaban J connectivity index is 2.11. The standard InChI is InChI=1S/C16H24N4O2S/c1-11(2)20-9-13-8-14(6-7-15(13)18-20)17-16(21)19(4)12(3)10-23(5)22/h6-9,11-12H,10H2,1-5H3,(H,17,21)/t12-,23-/m0/s1. The van der Waals surface area contributed by atoms with Crippen molar-refractivity contribution in [2.24, 2.45) is 0 Å². The predicted octanol–water partition coefficient (Wildman–Crippen LogP) is 2.85. The van der Waals surface area contributed by atoms with Crippen LogP contribution in [-0.4, -0.2) is 50.0 Å². The van der Waals surface area contributed by atoms with Crippen molar-refractivity contribution in [1.29, 1.82) is 0 Å². The van der Waals surface area contributed by atoms with Crippen molar-refractivity contribution in [2.75, 3.05) is 24.4 Å². The van der Waals surface area contributed by atoms with Crippen LogP contribution >= 0.6 is 0 Å². The molecule has 0 aliphatic rings. The van der Waals surface area contributed by atoms with E-state index in [1.165, 1.54) is 0 Å². The highest BCUT2D eigenvalue weighted by Gasteiger charge is 2.17. The van der Waals surface area contributed by atoms with E-state index in [9.17, 15) is 9.00 Å². The van der Waals surface area contributed by atoms with E-state index in [-0.39, 0.29) is 12.1 Å². The molecule has 23 heavy (non-hydrogen) atoms. The molecule has 2 rings (SSSR count). The van der Waals surface area contributed by atoms with Gasteiger partial charge in [-0.05, 0) is 39.0 Å². The molecule has 7 heteroatoms. The molecule has 1 aromatic carbocycles. The summed E-state index contributed by atoms with van der Waals surface area (Å²) < 4.78 is 13.2. The third kappa shape index (κ3) is 4.31. The maximum atomic E-state index is 12.3. The fourth-order valence-electron chi connectivity index (χ4n) is 2.25. The Kier molecular flexibility index (Phi) is 5.41. The number of rotatable bonds is 5. The van der Waals surface area contributed by atoms with E-state index in [0.717, 1.165) is 16.6 Å². The second-order valence-corrected chi connectivity index (χ2v) is 7.59. The topological polar surface area (TPSA) is 67.2 Å². The molecule has 2 amide bonds. The fraction of sp³-hybridized carbons (Fsp3) is 0.500. The minimum Gasteiger partial charge on any atom is -0.324 e. The minimum absolute atomic E-state index is 0.0896. The second-order valence-electron chi connectivity index (χ2n) is 6.11. The van der Waals surface area contributed by atoms with Crippen molar-refractivity contribution >= 4 is 33.4 Å². The maximum Gasteiger partial charge on any atom is 0.321 e. The number of carbonyl (C=O) groups excluding carboxylic acids is 1. The average molecular weight is 336 g/mol. The molecule has 0 spiro atoms. The average Bonchev–Trinajstić information content (AvgIpc) is 2.89. The first-order valence-electron chi connectivity index (χ1n) is 7.60. The van der Waals surface area contributed by atoms with Crippen LogP contribution < -0.4 is 5.32 Å². The number of benzene rings is 1. The van der Waals surface area contributed by atoms with Gasteiger partial charge in [0.25, 0.3) is 0 Å². The Morgan fingerprint density at radius 1 is 1.39 bits per heavy atom. The summed E-state index contributed by atoms with van der Waals surface area (Å²) >= 11 is 0. The van der Waals surface area contributed by atoms with Crippen molar-refractivity contribution in [1.82, 2.24) is 14.7 Å². The molecule has 2 atom stereocenters. The number of nitrogens with zero attached hydrogens (tertiary/aromatic N) is 3. The zero-order valence-corrected chi connectivity index (χ0v) is 15.1. The van der Waals surface area contributed by atoms with E-state index < -0.39 is 10.8 Å². The number of nitrogens with one attached hydrogen (secondary N) is 1. The Morgan fingerprint density at radius 3 is 2.70 bits per heavy atom. The Hall–Kier alpha value is -1.89. The number of aromatic nitrogens is 2. The zero-order chi connectivity index (χ0) is 17.1. The van der Waals surface area contributed by atoms with Gasteiger partial charge in [-0.2, -0.15) is 5.10 Å². The summed E-state index contributed by atoms with van der Waals surface area (Å²) in [5, 5.41) is 8.35.